The molecule has 0 aromatic heterocycles. The minimum atomic E-state index is -1.27. The maximum atomic E-state index is 11.9. The Labute approximate surface area is 130 Å². The molecule has 0 aliphatic heterocycles. The highest BCUT2D eigenvalue weighted by Crippen LogP contribution is 2.07. The number of carbonyl (C=O) groups is 2. The molecule has 0 spiro atoms. The molecule has 128 valence electrons. The first-order valence-corrected chi connectivity index (χ1v) is 7.05. The van der Waals surface area contributed by atoms with Gasteiger partial charge in [-0.3, -0.25) is 10.2 Å². The molecule has 2 atom stereocenters. The Morgan fingerprint density at radius 1 is 1.36 bits per heavy atom. The number of carbonyl (C=O) groups excluding carboxylic acids is 2. The van der Waals surface area contributed by atoms with E-state index in [-0.39, 0.29) is 12.4 Å². The number of hydrogen-bond donors (Lipinski definition) is 4. The highest BCUT2D eigenvalue weighted by atomic mass is 16.5. The van der Waals surface area contributed by atoms with Crippen molar-refractivity contribution in [3.05, 3.63) is 0 Å². The number of aliphatic carboxylic acids is 1. The Balaban J connectivity index is 4.35. The molecular weight excluding hydrogens is 290 g/mol. The highest BCUT2D eigenvalue weighted by Gasteiger charge is 2.25. The lowest BCUT2D eigenvalue weighted by atomic mass is 10.1. The number of quaternary nitrogens is 1. The summed E-state index contributed by atoms with van der Waals surface area (Å²) in [5.41, 5.74) is 10.8. The summed E-state index contributed by atoms with van der Waals surface area (Å²) in [5.74, 6) is -2.05. The van der Waals surface area contributed by atoms with Crippen molar-refractivity contribution in [1.82, 2.24) is 5.32 Å². The summed E-state index contributed by atoms with van der Waals surface area (Å²) in [7, 11) is 5.59. The Morgan fingerprint density at radius 2 is 1.95 bits per heavy atom. The molecule has 6 N–H and O–H groups in total. The van der Waals surface area contributed by atoms with Crippen molar-refractivity contribution in [3.63, 3.8) is 0 Å². The van der Waals surface area contributed by atoms with Gasteiger partial charge in [-0.05, 0) is 12.8 Å². The first kappa shape index (κ1) is 20.1. The van der Waals surface area contributed by atoms with Gasteiger partial charge in [0.1, 0.15) is 12.6 Å². The average molecular weight is 317 g/mol. The lowest BCUT2D eigenvalue weighted by molar-refractivity contribution is -0.873. The second kappa shape index (κ2) is 9.21. The van der Waals surface area contributed by atoms with Crippen molar-refractivity contribution >= 4 is 17.9 Å². The Kier molecular flexibility index (Phi) is 8.43. The van der Waals surface area contributed by atoms with Crippen molar-refractivity contribution in [1.29, 1.82) is 5.41 Å². The quantitative estimate of drug-likeness (QED) is 0.113. The zero-order chi connectivity index (χ0) is 17.3. The van der Waals surface area contributed by atoms with Gasteiger partial charge in [-0.1, -0.05) is 0 Å². The molecule has 9 nitrogen and oxygen atoms in total. The van der Waals surface area contributed by atoms with Crippen molar-refractivity contribution < 1.29 is 23.9 Å². The SMILES string of the molecule is C[N+](C)(C)CC(CC(=O)[O-])OC(=O)[C@@H](N)CCCNC(=N)N. The van der Waals surface area contributed by atoms with Gasteiger partial charge in [0.2, 0.25) is 0 Å². The first-order chi connectivity index (χ1) is 10.0. The van der Waals surface area contributed by atoms with Gasteiger partial charge in [-0.2, -0.15) is 0 Å². The number of esters is 1. The van der Waals surface area contributed by atoms with E-state index >= 15 is 0 Å². The largest absolute Gasteiger partial charge is 0.550 e. The van der Waals surface area contributed by atoms with Crippen molar-refractivity contribution in [2.45, 2.75) is 31.4 Å². The van der Waals surface area contributed by atoms with Gasteiger partial charge in [-0.15, -0.1) is 0 Å². The Morgan fingerprint density at radius 3 is 2.41 bits per heavy atom. The maximum absolute atomic E-state index is 11.9. The monoisotopic (exact) mass is 317 g/mol. The summed E-state index contributed by atoms with van der Waals surface area (Å²) in [6, 6.07) is -0.842. The van der Waals surface area contributed by atoms with Gasteiger partial charge in [0.15, 0.2) is 12.1 Å². The molecule has 0 bridgehead atoms. The van der Waals surface area contributed by atoms with Crippen LogP contribution in [-0.2, 0) is 14.3 Å². The van der Waals surface area contributed by atoms with E-state index in [0.717, 1.165) is 0 Å². The summed E-state index contributed by atoms with van der Waals surface area (Å²) in [6.07, 6.45) is -0.253. The molecule has 0 aromatic rings. The van der Waals surface area contributed by atoms with E-state index in [1.54, 1.807) is 0 Å². The fourth-order valence-electron chi connectivity index (χ4n) is 1.85. The van der Waals surface area contributed by atoms with Crippen LogP contribution in [-0.4, -0.2) is 68.8 Å². The van der Waals surface area contributed by atoms with Gasteiger partial charge in [-0.25, -0.2) is 0 Å². The molecule has 9 heteroatoms. The van der Waals surface area contributed by atoms with E-state index in [1.807, 2.05) is 21.1 Å². The Bertz CT molecular complexity index is 394. The summed E-state index contributed by atoms with van der Waals surface area (Å²) in [4.78, 5) is 22.6. The molecule has 0 aliphatic carbocycles. The van der Waals surface area contributed by atoms with E-state index < -0.39 is 24.1 Å². The number of guanidine groups is 1. The van der Waals surface area contributed by atoms with Gasteiger partial charge in [0, 0.05) is 18.9 Å². The van der Waals surface area contributed by atoms with E-state index in [0.29, 0.717) is 30.4 Å². The molecule has 1 unspecified atom stereocenters. The van der Waals surface area contributed by atoms with Crippen LogP contribution in [0.2, 0.25) is 0 Å². The molecule has 0 saturated heterocycles. The van der Waals surface area contributed by atoms with Gasteiger partial charge in [0.25, 0.3) is 0 Å². The fraction of sp³-hybridized carbons (Fsp3) is 0.769. The second-order valence-electron chi connectivity index (χ2n) is 6.20. The molecule has 0 rings (SSSR count). The standard InChI is InChI=1S/C13H27N5O4/c1-18(2,3)8-9(7-11(19)20)22-12(21)10(14)5-4-6-17-13(15)16/h9-10H,4-8,14H2,1-3H3,(H4-,15,16,17,19,20)/t9?,10-/m0/s1. The number of carboxylic acids is 1. The van der Waals surface area contributed by atoms with Crippen LogP contribution >= 0.6 is 0 Å². The molecule has 0 saturated carbocycles. The summed E-state index contributed by atoms with van der Waals surface area (Å²) < 4.78 is 5.64. The number of ether oxygens (including phenoxy) is 1. The summed E-state index contributed by atoms with van der Waals surface area (Å²) in [5, 5.41) is 20.3. The summed E-state index contributed by atoms with van der Waals surface area (Å²) in [6.45, 7) is 0.774. The third-order valence-electron chi connectivity index (χ3n) is 2.74. The number of likely N-dealkylation sites (N-methyl/N-ethyl adjacent to an activating group) is 1. The lowest BCUT2D eigenvalue weighted by Crippen LogP contribution is -2.47. The second-order valence-corrected chi connectivity index (χ2v) is 6.20. The molecule has 0 aromatic carbocycles. The van der Waals surface area contributed by atoms with E-state index in [2.05, 4.69) is 5.32 Å². The van der Waals surface area contributed by atoms with E-state index in [9.17, 15) is 14.7 Å². The normalized spacial score (nSPS) is 14.0. The number of nitrogens with one attached hydrogen (secondary N) is 2. The predicted molar refractivity (Wildman–Crippen MR) is 79.5 cm³/mol. The number of nitrogens with zero attached hydrogens (tertiary/aromatic N) is 1. The van der Waals surface area contributed by atoms with E-state index in [1.165, 1.54) is 0 Å². The minimum absolute atomic E-state index is 0.145. The lowest BCUT2D eigenvalue weighted by Gasteiger charge is -2.29. The first-order valence-electron chi connectivity index (χ1n) is 7.05. The van der Waals surface area contributed by atoms with Crippen LogP contribution in [0.4, 0.5) is 0 Å². The predicted octanol–water partition coefficient (Wildman–Crippen LogP) is -2.67. The smallest absolute Gasteiger partial charge is 0.323 e. The van der Waals surface area contributed by atoms with Crippen molar-refractivity contribution in [2.75, 3.05) is 34.2 Å². The Hall–Kier alpha value is -1.87. The van der Waals surface area contributed by atoms with Crippen LogP contribution in [0.1, 0.15) is 19.3 Å². The van der Waals surface area contributed by atoms with Gasteiger partial charge < -0.3 is 35.9 Å². The number of carboxylic acid groups (broad SMARTS) is 1. The van der Waals surface area contributed by atoms with Crippen LogP contribution in [0.25, 0.3) is 0 Å². The summed E-state index contributed by atoms with van der Waals surface area (Å²) >= 11 is 0. The van der Waals surface area contributed by atoms with Gasteiger partial charge >= 0.3 is 5.97 Å². The van der Waals surface area contributed by atoms with Crippen LogP contribution in [0.15, 0.2) is 0 Å². The molecule has 0 aliphatic rings. The van der Waals surface area contributed by atoms with Crippen molar-refractivity contribution in [2.24, 2.45) is 11.5 Å². The molecule has 0 heterocycles. The van der Waals surface area contributed by atoms with Crippen LogP contribution in [0.3, 0.4) is 0 Å². The minimum Gasteiger partial charge on any atom is -0.550 e. The molecule has 0 fully saturated rings. The van der Waals surface area contributed by atoms with E-state index in [4.69, 9.17) is 21.6 Å². The number of hydrogen-bond acceptors (Lipinski definition) is 6. The highest BCUT2D eigenvalue weighted by molar-refractivity contribution is 5.76. The topological polar surface area (TPSA) is 154 Å². The number of rotatable bonds is 10. The zero-order valence-electron chi connectivity index (χ0n) is 13.4. The average Bonchev–Trinajstić information content (AvgIpc) is 2.30. The maximum Gasteiger partial charge on any atom is 0.323 e. The van der Waals surface area contributed by atoms with Crippen LogP contribution in [0, 0.1) is 5.41 Å². The molecule has 22 heavy (non-hydrogen) atoms. The molecule has 0 amide bonds. The fourth-order valence-corrected chi connectivity index (χ4v) is 1.85. The van der Waals surface area contributed by atoms with Crippen LogP contribution < -0.4 is 21.9 Å². The number of nitrogens with two attached hydrogens (primary N) is 2. The zero-order valence-corrected chi connectivity index (χ0v) is 13.4. The van der Waals surface area contributed by atoms with Crippen molar-refractivity contribution in [3.8, 4) is 0 Å². The van der Waals surface area contributed by atoms with Gasteiger partial charge in [0.05, 0.1) is 21.1 Å². The third kappa shape index (κ3) is 10.9. The molecular formula is C13H27N5O4. The molecule has 0 radical (unpaired) electrons. The third-order valence-corrected chi connectivity index (χ3v) is 2.74. The van der Waals surface area contributed by atoms with Crippen LogP contribution in [0.5, 0.6) is 0 Å².